The Bertz CT molecular complexity index is 458. The SMILES string of the molecule is Cc1ccc(C(=O)N2CCC(C)C(O)C2)cc1O. The highest BCUT2D eigenvalue weighted by atomic mass is 16.3. The summed E-state index contributed by atoms with van der Waals surface area (Å²) in [6.45, 7) is 4.81. The number of aryl methyl sites for hydroxylation is 1. The zero-order chi connectivity index (χ0) is 13.3. The van der Waals surface area contributed by atoms with Gasteiger partial charge in [0.05, 0.1) is 6.10 Å². The van der Waals surface area contributed by atoms with Crippen LogP contribution in [0.15, 0.2) is 18.2 Å². The van der Waals surface area contributed by atoms with Crippen molar-refractivity contribution >= 4 is 5.91 Å². The van der Waals surface area contributed by atoms with Gasteiger partial charge in [-0.15, -0.1) is 0 Å². The first-order valence-corrected chi connectivity index (χ1v) is 6.26. The summed E-state index contributed by atoms with van der Waals surface area (Å²) in [6.07, 6.45) is 0.354. The zero-order valence-corrected chi connectivity index (χ0v) is 10.8. The number of phenolic OH excluding ortho intramolecular Hbond substituents is 1. The van der Waals surface area contributed by atoms with Crippen LogP contribution in [-0.2, 0) is 0 Å². The molecule has 0 radical (unpaired) electrons. The van der Waals surface area contributed by atoms with E-state index in [1.165, 1.54) is 6.07 Å². The second-order valence-corrected chi connectivity index (χ2v) is 5.09. The summed E-state index contributed by atoms with van der Waals surface area (Å²) in [6, 6.07) is 4.93. The van der Waals surface area contributed by atoms with Gasteiger partial charge in [-0.05, 0) is 37.0 Å². The molecule has 98 valence electrons. The number of phenols is 1. The number of nitrogens with zero attached hydrogens (tertiary/aromatic N) is 1. The van der Waals surface area contributed by atoms with E-state index < -0.39 is 6.10 Å². The average Bonchev–Trinajstić information content (AvgIpc) is 2.35. The number of aliphatic hydroxyl groups excluding tert-OH is 1. The van der Waals surface area contributed by atoms with Gasteiger partial charge in [0, 0.05) is 18.7 Å². The number of amides is 1. The normalized spacial score (nSPS) is 24.1. The number of carbonyl (C=O) groups excluding carboxylic acids is 1. The highest BCUT2D eigenvalue weighted by Crippen LogP contribution is 2.22. The van der Waals surface area contributed by atoms with Gasteiger partial charge in [0.25, 0.3) is 5.91 Å². The van der Waals surface area contributed by atoms with E-state index in [4.69, 9.17) is 0 Å². The van der Waals surface area contributed by atoms with E-state index >= 15 is 0 Å². The fourth-order valence-electron chi connectivity index (χ4n) is 2.16. The quantitative estimate of drug-likeness (QED) is 0.793. The van der Waals surface area contributed by atoms with Crippen molar-refractivity contribution < 1.29 is 15.0 Å². The molecule has 2 unspecified atom stereocenters. The Balaban J connectivity index is 2.14. The van der Waals surface area contributed by atoms with Crippen molar-refractivity contribution in [3.8, 4) is 5.75 Å². The molecule has 1 heterocycles. The van der Waals surface area contributed by atoms with Gasteiger partial charge in [0.2, 0.25) is 0 Å². The van der Waals surface area contributed by atoms with Gasteiger partial charge in [-0.1, -0.05) is 13.0 Å². The lowest BCUT2D eigenvalue weighted by atomic mass is 9.95. The molecular weight excluding hydrogens is 230 g/mol. The number of rotatable bonds is 1. The van der Waals surface area contributed by atoms with Gasteiger partial charge in [0.15, 0.2) is 0 Å². The third-order valence-corrected chi connectivity index (χ3v) is 3.66. The number of likely N-dealkylation sites (tertiary alicyclic amines) is 1. The Morgan fingerprint density at radius 3 is 2.78 bits per heavy atom. The van der Waals surface area contributed by atoms with Gasteiger partial charge < -0.3 is 15.1 Å². The minimum atomic E-state index is -0.457. The van der Waals surface area contributed by atoms with Crippen molar-refractivity contribution in [2.75, 3.05) is 13.1 Å². The Labute approximate surface area is 107 Å². The first kappa shape index (κ1) is 12.9. The van der Waals surface area contributed by atoms with Crippen molar-refractivity contribution in [2.45, 2.75) is 26.4 Å². The highest BCUT2D eigenvalue weighted by molar-refractivity contribution is 5.94. The number of aromatic hydroxyl groups is 1. The van der Waals surface area contributed by atoms with Crippen molar-refractivity contribution in [2.24, 2.45) is 5.92 Å². The first-order chi connectivity index (χ1) is 8.49. The molecule has 2 N–H and O–H groups in total. The maximum atomic E-state index is 12.2. The molecule has 0 aromatic heterocycles. The van der Waals surface area contributed by atoms with Crippen LogP contribution in [-0.4, -0.2) is 40.2 Å². The second-order valence-electron chi connectivity index (χ2n) is 5.09. The van der Waals surface area contributed by atoms with Gasteiger partial charge >= 0.3 is 0 Å². The van der Waals surface area contributed by atoms with Crippen LogP contribution in [0.3, 0.4) is 0 Å². The molecule has 2 rings (SSSR count). The van der Waals surface area contributed by atoms with Crippen molar-refractivity contribution in [3.63, 3.8) is 0 Å². The summed E-state index contributed by atoms with van der Waals surface area (Å²) < 4.78 is 0. The Kier molecular flexibility index (Phi) is 3.57. The summed E-state index contributed by atoms with van der Waals surface area (Å²) in [7, 11) is 0. The molecular formula is C14H19NO3. The van der Waals surface area contributed by atoms with E-state index in [1.807, 2.05) is 6.92 Å². The number of hydrogen-bond acceptors (Lipinski definition) is 3. The van der Waals surface area contributed by atoms with Gasteiger partial charge in [-0.2, -0.15) is 0 Å². The van der Waals surface area contributed by atoms with E-state index in [1.54, 1.807) is 24.0 Å². The molecule has 4 nitrogen and oxygen atoms in total. The van der Waals surface area contributed by atoms with Crippen LogP contribution in [0.1, 0.15) is 29.3 Å². The molecule has 1 saturated heterocycles. The standard InChI is InChI=1S/C14H19NO3/c1-9-3-4-11(7-12(9)16)14(18)15-6-5-10(2)13(17)8-15/h3-4,7,10,13,16-17H,5-6,8H2,1-2H3. The third kappa shape index (κ3) is 2.48. The average molecular weight is 249 g/mol. The van der Waals surface area contributed by atoms with Gasteiger partial charge in [0.1, 0.15) is 5.75 Å². The molecule has 1 aliphatic heterocycles. The van der Waals surface area contributed by atoms with E-state index in [0.717, 1.165) is 12.0 Å². The van der Waals surface area contributed by atoms with Crippen LogP contribution in [0, 0.1) is 12.8 Å². The van der Waals surface area contributed by atoms with Crippen LogP contribution in [0.5, 0.6) is 5.75 Å². The summed E-state index contributed by atoms with van der Waals surface area (Å²) in [4.78, 5) is 13.9. The van der Waals surface area contributed by atoms with Crippen LogP contribution < -0.4 is 0 Å². The van der Waals surface area contributed by atoms with Crippen molar-refractivity contribution in [3.05, 3.63) is 29.3 Å². The number of carbonyl (C=O) groups is 1. The Hall–Kier alpha value is -1.55. The molecule has 1 fully saturated rings. The van der Waals surface area contributed by atoms with Gasteiger partial charge in [-0.25, -0.2) is 0 Å². The minimum Gasteiger partial charge on any atom is -0.508 e. The summed E-state index contributed by atoms with van der Waals surface area (Å²) in [5.74, 6) is 0.239. The maximum absolute atomic E-state index is 12.2. The molecule has 1 aromatic carbocycles. The van der Waals surface area contributed by atoms with Crippen LogP contribution >= 0.6 is 0 Å². The predicted molar refractivity (Wildman–Crippen MR) is 68.5 cm³/mol. The summed E-state index contributed by atoms with van der Waals surface area (Å²) in [5, 5.41) is 19.4. The van der Waals surface area contributed by atoms with Crippen LogP contribution in [0.4, 0.5) is 0 Å². The predicted octanol–water partition coefficient (Wildman–Crippen LogP) is 1.54. The maximum Gasteiger partial charge on any atom is 0.254 e. The smallest absolute Gasteiger partial charge is 0.254 e. The number of hydrogen-bond donors (Lipinski definition) is 2. The van der Waals surface area contributed by atoms with E-state index in [-0.39, 0.29) is 17.6 Å². The van der Waals surface area contributed by atoms with Gasteiger partial charge in [-0.3, -0.25) is 4.79 Å². The molecule has 1 aliphatic rings. The lowest BCUT2D eigenvalue weighted by Crippen LogP contribution is -2.45. The Morgan fingerprint density at radius 1 is 1.44 bits per heavy atom. The number of piperidine rings is 1. The van der Waals surface area contributed by atoms with Crippen molar-refractivity contribution in [1.82, 2.24) is 4.90 Å². The third-order valence-electron chi connectivity index (χ3n) is 3.66. The highest BCUT2D eigenvalue weighted by Gasteiger charge is 2.27. The molecule has 0 bridgehead atoms. The van der Waals surface area contributed by atoms with Crippen LogP contribution in [0.25, 0.3) is 0 Å². The minimum absolute atomic E-state index is 0.128. The molecule has 0 aliphatic carbocycles. The van der Waals surface area contributed by atoms with Crippen molar-refractivity contribution in [1.29, 1.82) is 0 Å². The Morgan fingerprint density at radius 2 is 2.17 bits per heavy atom. The van der Waals surface area contributed by atoms with E-state index in [0.29, 0.717) is 18.7 Å². The molecule has 4 heteroatoms. The zero-order valence-electron chi connectivity index (χ0n) is 10.8. The monoisotopic (exact) mass is 249 g/mol. The molecule has 1 amide bonds. The molecule has 2 atom stereocenters. The second kappa shape index (κ2) is 4.98. The fourth-order valence-corrected chi connectivity index (χ4v) is 2.16. The van der Waals surface area contributed by atoms with E-state index in [2.05, 4.69) is 0 Å². The first-order valence-electron chi connectivity index (χ1n) is 6.26. The fraction of sp³-hybridized carbons (Fsp3) is 0.500. The molecule has 18 heavy (non-hydrogen) atoms. The molecule has 0 saturated carbocycles. The largest absolute Gasteiger partial charge is 0.508 e. The summed E-state index contributed by atoms with van der Waals surface area (Å²) >= 11 is 0. The van der Waals surface area contributed by atoms with E-state index in [9.17, 15) is 15.0 Å². The topological polar surface area (TPSA) is 60.8 Å². The number of β-amino-alcohol motifs (C(OH)–C–C–N with tert-alkyl or cyclic N) is 1. The molecule has 1 aromatic rings. The molecule has 0 spiro atoms. The van der Waals surface area contributed by atoms with Crippen LogP contribution in [0.2, 0.25) is 0 Å². The lowest BCUT2D eigenvalue weighted by molar-refractivity contribution is 0.0248. The number of benzene rings is 1. The lowest BCUT2D eigenvalue weighted by Gasteiger charge is -2.34. The summed E-state index contributed by atoms with van der Waals surface area (Å²) in [5.41, 5.74) is 1.22. The number of aliphatic hydroxyl groups is 1.